The number of carbonyl (C=O) groups excluding carboxylic acids is 1. The average Bonchev–Trinajstić information content (AvgIpc) is 3.48. The van der Waals surface area contributed by atoms with E-state index in [2.05, 4.69) is 42.3 Å². The summed E-state index contributed by atoms with van der Waals surface area (Å²) in [7, 11) is 0. The number of hydrogen-bond donors (Lipinski definition) is 3. The van der Waals surface area contributed by atoms with Crippen molar-refractivity contribution in [2.24, 2.45) is 11.3 Å². The predicted molar refractivity (Wildman–Crippen MR) is 142 cm³/mol. The number of amides is 1. The van der Waals surface area contributed by atoms with Crippen LogP contribution in [0.25, 0.3) is 11.0 Å². The highest BCUT2D eigenvalue weighted by molar-refractivity contribution is 5.86. The average molecular weight is 506 g/mol. The van der Waals surface area contributed by atoms with Gasteiger partial charge in [-0.15, -0.1) is 0 Å². The van der Waals surface area contributed by atoms with Crippen molar-refractivity contribution < 1.29 is 4.79 Å². The quantitative estimate of drug-likeness (QED) is 0.452. The van der Waals surface area contributed by atoms with Crippen LogP contribution < -0.4 is 15.5 Å². The molecule has 2 aliphatic carbocycles. The van der Waals surface area contributed by atoms with Crippen molar-refractivity contribution >= 4 is 22.8 Å². The fourth-order valence-corrected chi connectivity index (χ4v) is 7.14. The van der Waals surface area contributed by atoms with E-state index in [1.165, 1.54) is 36.9 Å². The Bertz CT molecular complexity index is 1300. The Labute approximate surface area is 218 Å². The number of aryl methyl sites for hydroxylation is 2. The van der Waals surface area contributed by atoms with Gasteiger partial charge in [0.05, 0.1) is 23.8 Å². The monoisotopic (exact) mass is 505 g/mol. The van der Waals surface area contributed by atoms with Gasteiger partial charge in [-0.3, -0.25) is 14.6 Å². The van der Waals surface area contributed by atoms with Crippen molar-refractivity contribution in [2.75, 3.05) is 24.5 Å². The molecule has 2 saturated carbocycles. The highest BCUT2D eigenvalue weighted by Gasteiger charge is 2.44. The molecule has 3 N–H and O–H groups in total. The van der Waals surface area contributed by atoms with Gasteiger partial charge in [-0.25, -0.2) is 9.97 Å². The van der Waals surface area contributed by atoms with Crippen LogP contribution in [-0.2, 0) is 24.3 Å². The maximum atomic E-state index is 12.4. The third kappa shape index (κ3) is 4.60. The molecular weight excluding hydrogens is 466 g/mol. The fourth-order valence-electron chi connectivity index (χ4n) is 7.14. The van der Waals surface area contributed by atoms with Crippen LogP contribution in [0.2, 0.25) is 0 Å². The van der Waals surface area contributed by atoms with Gasteiger partial charge in [-0.1, -0.05) is 13.3 Å². The number of nitrogens with zero attached hydrogens (tertiary/aromatic N) is 6. The molecule has 1 amide bonds. The fraction of sp³-hybridized carbons (Fsp3) is 0.667. The van der Waals surface area contributed by atoms with Crippen LogP contribution in [0.1, 0.15) is 68.2 Å². The highest BCUT2D eigenvalue weighted by atomic mass is 16.2. The van der Waals surface area contributed by atoms with E-state index in [1.54, 1.807) is 0 Å². The first-order valence-corrected chi connectivity index (χ1v) is 13.9. The first kappa shape index (κ1) is 24.3. The lowest BCUT2D eigenvalue weighted by molar-refractivity contribution is -0.122. The third-order valence-electron chi connectivity index (χ3n) is 8.93. The van der Waals surface area contributed by atoms with Crippen LogP contribution in [-0.4, -0.2) is 61.5 Å². The lowest BCUT2D eigenvalue weighted by atomic mass is 9.60. The summed E-state index contributed by atoms with van der Waals surface area (Å²) >= 11 is 0. The first-order valence-electron chi connectivity index (χ1n) is 13.9. The van der Waals surface area contributed by atoms with Gasteiger partial charge >= 0.3 is 0 Å². The second-order valence-corrected chi connectivity index (χ2v) is 11.4. The number of aromatic nitrogens is 6. The van der Waals surface area contributed by atoms with Crippen LogP contribution in [0, 0.1) is 25.2 Å². The molecule has 3 atom stereocenters. The molecule has 6 rings (SSSR count). The number of likely N-dealkylation sites (N-methyl/N-ethyl adjacent to an activating group) is 1. The largest absolute Gasteiger partial charge is 0.352 e. The SMILES string of the molecule is CCNCC(=O)NC1CCC2(Cn3nc(C)c4c3CCN(c3nc(C)nc5[nH]ncc35)C4)CCCC1C2. The summed E-state index contributed by atoms with van der Waals surface area (Å²) in [5.41, 5.74) is 4.94. The van der Waals surface area contributed by atoms with Crippen molar-refractivity contribution in [2.45, 2.75) is 84.8 Å². The third-order valence-corrected chi connectivity index (χ3v) is 8.93. The molecule has 0 radical (unpaired) electrons. The lowest BCUT2D eigenvalue weighted by Crippen LogP contribution is -2.51. The van der Waals surface area contributed by atoms with Crippen molar-refractivity contribution in [3.05, 3.63) is 29.0 Å². The maximum absolute atomic E-state index is 12.4. The molecular formula is C27H39N9O. The summed E-state index contributed by atoms with van der Waals surface area (Å²) in [6.45, 7) is 10.1. The van der Waals surface area contributed by atoms with Gasteiger partial charge in [0.2, 0.25) is 5.91 Å². The van der Waals surface area contributed by atoms with Crippen LogP contribution in [0.5, 0.6) is 0 Å². The van der Waals surface area contributed by atoms with Crippen LogP contribution in [0.4, 0.5) is 5.82 Å². The molecule has 3 aliphatic rings. The minimum Gasteiger partial charge on any atom is -0.352 e. The van der Waals surface area contributed by atoms with E-state index in [-0.39, 0.29) is 5.91 Å². The van der Waals surface area contributed by atoms with Gasteiger partial charge in [0, 0.05) is 43.4 Å². The molecule has 37 heavy (non-hydrogen) atoms. The Balaban J connectivity index is 1.18. The van der Waals surface area contributed by atoms with Gasteiger partial charge in [0.1, 0.15) is 11.6 Å². The molecule has 3 unspecified atom stereocenters. The zero-order valence-corrected chi connectivity index (χ0v) is 22.3. The van der Waals surface area contributed by atoms with E-state index in [0.717, 1.165) is 73.8 Å². The van der Waals surface area contributed by atoms with E-state index >= 15 is 0 Å². The predicted octanol–water partition coefficient (Wildman–Crippen LogP) is 2.79. The number of H-pyrrole nitrogens is 1. The van der Waals surface area contributed by atoms with E-state index in [4.69, 9.17) is 10.1 Å². The Kier molecular flexibility index (Phi) is 6.38. The van der Waals surface area contributed by atoms with Crippen LogP contribution in [0.3, 0.4) is 0 Å². The first-order chi connectivity index (χ1) is 17.9. The molecule has 3 aromatic heterocycles. The summed E-state index contributed by atoms with van der Waals surface area (Å²) in [6.07, 6.45) is 9.95. The summed E-state index contributed by atoms with van der Waals surface area (Å²) in [5.74, 6) is 2.42. The number of anilines is 1. The normalized spacial score (nSPS) is 25.3. The van der Waals surface area contributed by atoms with E-state index in [1.807, 2.05) is 20.0 Å². The van der Waals surface area contributed by atoms with Gasteiger partial charge in [-0.2, -0.15) is 10.2 Å². The number of hydrogen-bond acceptors (Lipinski definition) is 7. The number of nitrogens with one attached hydrogen (secondary N) is 3. The minimum absolute atomic E-state index is 0.137. The van der Waals surface area contributed by atoms with Crippen molar-refractivity contribution in [3.63, 3.8) is 0 Å². The second kappa shape index (κ2) is 9.70. The Morgan fingerprint density at radius 2 is 2.14 bits per heavy atom. The smallest absolute Gasteiger partial charge is 0.234 e. The van der Waals surface area contributed by atoms with Gasteiger partial charge in [0.15, 0.2) is 5.65 Å². The molecule has 2 bridgehead atoms. The Morgan fingerprint density at radius 1 is 1.24 bits per heavy atom. The highest BCUT2D eigenvalue weighted by Crippen LogP contribution is 2.50. The van der Waals surface area contributed by atoms with E-state index in [9.17, 15) is 4.79 Å². The van der Waals surface area contributed by atoms with Crippen molar-refractivity contribution in [3.8, 4) is 0 Å². The lowest BCUT2D eigenvalue weighted by Gasteiger charge is -2.49. The Morgan fingerprint density at radius 3 is 3.00 bits per heavy atom. The van der Waals surface area contributed by atoms with Crippen molar-refractivity contribution in [1.29, 1.82) is 0 Å². The molecule has 4 heterocycles. The number of carbonyl (C=O) groups is 1. The molecule has 2 fully saturated rings. The van der Waals surface area contributed by atoms with E-state index < -0.39 is 0 Å². The van der Waals surface area contributed by atoms with E-state index in [0.29, 0.717) is 23.9 Å². The second-order valence-electron chi connectivity index (χ2n) is 11.4. The molecule has 1 aliphatic heterocycles. The number of rotatable bonds is 7. The van der Waals surface area contributed by atoms with Crippen LogP contribution in [0.15, 0.2) is 6.20 Å². The van der Waals surface area contributed by atoms with Gasteiger partial charge in [0.25, 0.3) is 0 Å². The zero-order valence-electron chi connectivity index (χ0n) is 22.3. The number of fused-ring (bicyclic) bond motifs is 4. The molecule has 0 aromatic carbocycles. The standard InChI is InChI=1S/C27H39N9O/c1-4-28-14-24(37)32-22-7-10-27(9-5-6-19(22)12-27)16-36-23-8-11-35(15-21(23)17(2)34-36)26-20-13-29-33-25(20)30-18(3)31-26/h13,19,22,28H,4-12,14-16H2,1-3H3,(H,32,37)(H,29,30,31,33). The topological polar surface area (TPSA) is 117 Å². The molecule has 3 aromatic rings. The molecule has 10 nitrogen and oxygen atoms in total. The number of aromatic amines is 1. The Hall–Kier alpha value is -3.01. The minimum atomic E-state index is 0.137. The van der Waals surface area contributed by atoms with Crippen LogP contribution >= 0.6 is 0 Å². The zero-order chi connectivity index (χ0) is 25.6. The molecule has 0 saturated heterocycles. The summed E-state index contributed by atoms with van der Waals surface area (Å²) in [4.78, 5) is 24.0. The summed E-state index contributed by atoms with van der Waals surface area (Å²) in [6, 6.07) is 0.317. The molecule has 10 heteroatoms. The van der Waals surface area contributed by atoms with Gasteiger partial charge < -0.3 is 15.5 Å². The van der Waals surface area contributed by atoms with Gasteiger partial charge in [-0.05, 0) is 63.8 Å². The maximum Gasteiger partial charge on any atom is 0.234 e. The van der Waals surface area contributed by atoms with Crippen molar-refractivity contribution in [1.82, 2.24) is 40.6 Å². The summed E-state index contributed by atoms with van der Waals surface area (Å²) < 4.78 is 2.34. The molecule has 198 valence electrons. The molecule has 0 spiro atoms. The summed E-state index contributed by atoms with van der Waals surface area (Å²) in [5, 5.41) is 19.7.